The van der Waals surface area contributed by atoms with E-state index in [9.17, 15) is 18.0 Å². The highest BCUT2D eigenvalue weighted by molar-refractivity contribution is 9.11. The molecule has 0 unspecified atom stereocenters. The van der Waals surface area contributed by atoms with Gasteiger partial charge in [-0.2, -0.15) is 4.31 Å². The molecule has 38 heavy (non-hydrogen) atoms. The van der Waals surface area contributed by atoms with E-state index in [1.54, 1.807) is 37.3 Å². The van der Waals surface area contributed by atoms with E-state index in [-0.39, 0.29) is 30.2 Å². The summed E-state index contributed by atoms with van der Waals surface area (Å²) in [6, 6.07) is 16.1. The maximum Gasteiger partial charge on any atom is 0.325 e. The zero-order chi connectivity index (χ0) is 27.4. The van der Waals surface area contributed by atoms with Gasteiger partial charge < -0.3 is 14.8 Å². The van der Waals surface area contributed by atoms with Crippen molar-refractivity contribution in [2.45, 2.75) is 30.8 Å². The van der Waals surface area contributed by atoms with Gasteiger partial charge in [0.25, 0.3) is 5.91 Å². The number of carbonyl (C=O) groups is 2. The Labute approximate surface area is 246 Å². The number of fused-ring (bicyclic) bond motifs is 1. The SMILES string of the molecule is CCOc1ccc(Br)cc1S(=O)(=O)N1Cc2ccccc2C[C@H]1C(=O)OCC(=O)Nc1ccc(Br)cc1Br. The van der Waals surface area contributed by atoms with Gasteiger partial charge in [-0.05, 0) is 70.4 Å². The third-order valence-electron chi connectivity index (χ3n) is 5.82. The van der Waals surface area contributed by atoms with Crippen molar-refractivity contribution in [2.24, 2.45) is 0 Å². The van der Waals surface area contributed by atoms with E-state index in [1.165, 1.54) is 6.07 Å². The number of benzene rings is 3. The highest BCUT2D eigenvalue weighted by Gasteiger charge is 2.42. The fourth-order valence-corrected chi connectivity index (χ4v) is 7.42. The first-order valence-electron chi connectivity index (χ1n) is 11.5. The quantitative estimate of drug-likeness (QED) is 0.300. The van der Waals surface area contributed by atoms with Crippen molar-refractivity contribution < 1.29 is 27.5 Å². The lowest BCUT2D eigenvalue weighted by molar-refractivity contribution is -0.151. The molecule has 0 spiro atoms. The van der Waals surface area contributed by atoms with Crippen LogP contribution in [0.1, 0.15) is 18.1 Å². The van der Waals surface area contributed by atoms with Gasteiger partial charge in [0.05, 0.1) is 12.3 Å². The molecule has 4 rings (SSSR count). The maximum absolute atomic E-state index is 13.9. The van der Waals surface area contributed by atoms with Gasteiger partial charge in [0.2, 0.25) is 10.0 Å². The number of rotatable bonds is 8. The number of hydrogen-bond donors (Lipinski definition) is 1. The number of hydrogen-bond acceptors (Lipinski definition) is 6. The Morgan fingerprint density at radius 3 is 2.39 bits per heavy atom. The Bertz CT molecular complexity index is 1480. The molecule has 1 heterocycles. The van der Waals surface area contributed by atoms with Gasteiger partial charge in [0.15, 0.2) is 6.61 Å². The van der Waals surface area contributed by atoms with E-state index < -0.39 is 34.5 Å². The summed E-state index contributed by atoms with van der Waals surface area (Å²) in [6.07, 6.45) is 0.103. The third-order valence-corrected chi connectivity index (χ3v) is 9.34. The van der Waals surface area contributed by atoms with Crippen molar-refractivity contribution in [3.8, 4) is 5.75 Å². The van der Waals surface area contributed by atoms with E-state index in [4.69, 9.17) is 9.47 Å². The molecule has 3 aromatic carbocycles. The minimum Gasteiger partial charge on any atom is -0.492 e. The summed E-state index contributed by atoms with van der Waals surface area (Å²) in [6.45, 7) is 1.42. The van der Waals surface area contributed by atoms with Gasteiger partial charge in [-0.1, -0.05) is 56.1 Å². The molecule has 1 N–H and O–H groups in total. The number of nitrogens with zero attached hydrogens (tertiary/aromatic N) is 1. The molecule has 0 saturated carbocycles. The first kappa shape index (κ1) is 28.8. The predicted octanol–water partition coefficient (Wildman–Crippen LogP) is 5.67. The Kier molecular flexibility index (Phi) is 9.30. The molecular formula is C26H23Br3N2O6S. The summed E-state index contributed by atoms with van der Waals surface area (Å²) >= 11 is 10.0. The molecule has 8 nitrogen and oxygen atoms in total. The van der Waals surface area contributed by atoms with Crippen molar-refractivity contribution in [2.75, 3.05) is 18.5 Å². The van der Waals surface area contributed by atoms with Gasteiger partial charge in [-0.15, -0.1) is 0 Å². The minimum atomic E-state index is -4.20. The lowest BCUT2D eigenvalue weighted by Gasteiger charge is -2.34. The second kappa shape index (κ2) is 12.3. The van der Waals surface area contributed by atoms with Crippen LogP contribution < -0.4 is 10.1 Å². The zero-order valence-corrected chi connectivity index (χ0v) is 25.7. The molecule has 0 fully saturated rings. The number of carbonyl (C=O) groups excluding carboxylic acids is 2. The topological polar surface area (TPSA) is 102 Å². The Balaban J connectivity index is 1.59. The van der Waals surface area contributed by atoms with Crippen molar-refractivity contribution in [3.05, 3.63) is 85.2 Å². The molecule has 0 aliphatic carbocycles. The van der Waals surface area contributed by atoms with Crippen molar-refractivity contribution >= 4 is 75.4 Å². The Hall–Kier alpha value is -2.25. The van der Waals surface area contributed by atoms with E-state index in [2.05, 4.69) is 53.1 Å². The highest BCUT2D eigenvalue weighted by atomic mass is 79.9. The summed E-state index contributed by atoms with van der Waals surface area (Å²) in [4.78, 5) is 25.7. The van der Waals surface area contributed by atoms with Gasteiger partial charge in [0, 0.05) is 26.4 Å². The van der Waals surface area contributed by atoms with Crippen LogP contribution in [0.5, 0.6) is 5.75 Å². The van der Waals surface area contributed by atoms with Crippen LogP contribution in [0, 0.1) is 0 Å². The van der Waals surface area contributed by atoms with Crippen LogP contribution in [0.25, 0.3) is 0 Å². The number of halogens is 3. The smallest absolute Gasteiger partial charge is 0.325 e. The number of anilines is 1. The molecule has 3 aromatic rings. The highest BCUT2D eigenvalue weighted by Crippen LogP contribution is 2.35. The Morgan fingerprint density at radius 2 is 1.68 bits per heavy atom. The summed E-state index contributed by atoms with van der Waals surface area (Å²) in [5, 5.41) is 2.67. The summed E-state index contributed by atoms with van der Waals surface area (Å²) < 4.78 is 41.9. The molecule has 0 radical (unpaired) electrons. The number of nitrogens with one attached hydrogen (secondary N) is 1. The van der Waals surface area contributed by atoms with Gasteiger partial charge in [0.1, 0.15) is 16.7 Å². The lowest BCUT2D eigenvalue weighted by Crippen LogP contribution is -2.49. The Morgan fingerprint density at radius 1 is 1.00 bits per heavy atom. The van der Waals surface area contributed by atoms with Gasteiger partial charge in [-0.25, -0.2) is 8.42 Å². The number of amides is 1. The number of sulfonamides is 1. The second-order valence-corrected chi connectivity index (χ2v) is 12.9. The van der Waals surface area contributed by atoms with Gasteiger partial charge >= 0.3 is 5.97 Å². The first-order valence-corrected chi connectivity index (χ1v) is 15.3. The monoisotopic (exact) mass is 728 g/mol. The van der Waals surface area contributed by atoms with Crippen LogP contribution >= 0.6 is 47.8 Å². The first-order chi connectivity index (χ1) is 18.1. The van der Waals surface area contributed by atoms with Crippen LogP contribution in [0.4, 0.5) is 5.69 Å². The minimum absolute atomic E-state index is 0.0333. The summed E-state index contributed by atoms with van der Waals surface area (Å²) in [7, 11) is -4.20. The average molecular weight is 731 g/mol. The van der Waals surface area contributed by atoms with E-state index in [1.807, 2.05) is 24.3 Å². The molecule has 1 aliphatic rings. The normalized spacial score (nSPS) is 15.4. The number of ether oxygens (including phenoxy) is 2. The molecule has 12 heteroatoms. The molecular weight excluding hydrogens is 708 g/mol. The van der Waals surface area contributed by atoms with Crippen LogP contribution in [0.2, 0.25) is 0 Å². The maximum atomic E-state index is 13.9. The van der Waals surface area contributed by atoms with Crippen LogP contribution in [0.3, 0.4) is 0 Å². The van der Waals surface area contributed by atoms with Crippen LogP contribution in [0.15, 0.2) is 79.0 Å². The fraction of sp³-hybridized carbons (Fsp3) is 0.231. The fourth-order valence-electron chi connectivity index (χ4n) is 4.05. The largest absolute Gasteiger partial charge is 0.492 e. The van der Waals surface area contributed by atoms with Gasteiger partial charge in [-0.3, -0.25) is 9.59 Å². The van der Waals surface area contributed by atoms with E-state index >= 15 is 0 Å². The molecule has 1 atom stereocenters. The predicted molar refractivity (Wildman–Crippen MR) is 153 cm³/mol. The van der Waals surface area contributed by atoms with E-state index in [0.29, 0.717) is 14.6 Å². The summed E-state index contributed by atoms with van der Waals surface area (Å²) in [5.41, 5.74) is 2.12. The molecule has 0 saturated heterocycles. The summed E-state index contributed by atoms with van der Waals surface area (Å²) in [5.74, 6) is -1.19. The molecule has 0 aromatic heterocycles. The van der Waals surface area contributed by atoms with Crippen molar-refractivity contribution in [1.29, 1.82) is 0 Å². The molecule has 1 amide bonds. The van der Waals surface area contributed by atoms with Crippen LogP contribution in [-0.4, -0.2) is 43.9 Å². The molecule has 0 bridgehead atoms. The average Bonchev–Trinajstić information content (AvgIpc) is 2.89. The van der Waals surface area contributed by atoms with E-state index in [0.717, 1.165) is 19.9 Å². The second-order valence-electron chi connectivity index (χ2n) is 8.34. The third kappa shape index (κ3) is 6.48. The zero-order valence-electron chi connectivity index (χ0n) is 20.1. The number of esters is 1. The van der Waals surface area contributed by atoms with Crippen molar-refractivity contribution in [1.82, 2.24) is 4.31 Å². The van der Waals surface area contributed by atoms with Crippen molar-refractivity contribution in [3.63, 3.8) is 0 Å². The molecule has 200 valence electrons. The lowest BCUT2D eigenvalue weighted by atomic mass is 9.96. The van der Waals surface area contributed by atoms with Crippen LogP contribution in [-0.2, 0) is 37.3 Å². The standard InChI is InChI=1S/C26H23Br3N2O6S/c1-2-36-23-10-8-19(28)13-24(23)38(34,35)31-14-17-6-4-3-5-16(17)11-22(31)26(33)37-15-25(32)30-21-9-7-18(27)12-20(21)29/h3-10,12-13,22H,2,11,14-15H2,1H3,(H,30,32)/t22-/m0/s1. The molecule has 1 aliphatic heterocycles.